The highest BCUT2D eigenvalue weighted by molar-refractivity contribution is 6.42. The van der Waals surface area contributed by atoms with Crippen molar-refractivity contribution in [1.82, 2.24) is 15.1 Å². The number of benzene rings is 2. The van der Waals surface area contributed by atoms with Crippen LogP contribution in [0.5, 0.6) is 0 Å². The van der Waals surface area contributed by atoms with E-state index in [4.69, 9.17) is 23.2 Å². The molecule has 1 aromatic heterocycles. The fourth-order valence-corrected chi connectivity index (χ4v) is 2.99. The van der Waals surface area contributed by atoms with Gasteiger partial charge in [0.25, 0.3) is 0 Å². The molecule has 0 aliphatic heterocycles. The Morgan fingerprint density at radius 3 is 2.72 bits per heavy atom. The minimum Gasteiger partial charge on any atom is -0.325 e. The minimum atomic E-state index is -0.371. The Bertz CT molecular complexity index is 907. The van der Waals surface area contributed by atoms with Crippen LogP contribution in [0.4, 0.5) is 5.69 Å². The minimum absolute atomic E-state index is 0.102. The number of hydrogen-bond donors (Lipinski definition) is 2. The van der Waals surface area contributed by atoms with Gasteiger partial charge in [0, 0.05) is 17.6 Å². The lowest BCUT2D eigenvalue weighted by Crippen LogP contribution is -2.30. The number of rotatable bonds is 5. The van der Waals surface area contributed by atoms with Crippen LogP contribution in [0.25, 0.3) is 10.9 Å². The van der Waals surface area contributed by atoms with Crippen LogP contribution in [-0.4, -0.2) is 41.6 Å². The van der Waals surface area contributed by atoms with E-state index in [1.165, 1.54) is 0 Å². The van der Waals surface area contributed by atoms with Crippen LogP contribution in [0.15, 0.2) is 42.6 Å². The van der Waals surface area contributed by atoms with Gasteiger partial charge in [-0.05, 0) is 50.0 Å². The van der Waals surface area contributed by atoms with Crippen molar-refractivity contribution in [1.29, 1.82) is 0 Å². The first-order valence-corrected chi connectivity index (χ1v) is 8.53. The topological polar surface area (TPSA) is 61.0 Å². The number of likely N-dealkylation sites (N-methyl/N-ethyl adjacent to an activating group) is 1. The Morgan fingerprint density at radius 2 is 2.00 bits per heavy atom. The molecule has 0 radical (unpaired) electrons. The molecule has 25 heavy (non-hydrogen) atoms. The van der Waals surface area contributed by atoms with E-state index < -0.39 is 0 Å². The monoisotopic (exact) mass is 376 g/mol. The molecule has 2 N–H and O–H groups in total. The first-order chi connectivity index (χ1) is 11.9. The fourth-order valence-electron chi connectivity index (χ4n) is 2.68. The van der Waals surface area contributed by atoms with Gasteiger partial charge in [-0.2, -0.15) is 5.10 Å². The van der Waals surface area contributed by atoms with E-state index in [1.54, 1.807) is 18.3 Å². The average molecular weight is 377 g/mol. The Labute approximate surface area is 155 Å². The molecule has 7 heteroatoms. The number of carbonyl (C=O) groups is 1. The van der Waals surface area contributed by atoms with Gasteiger partial charge in [0.05, 0.1) is 27.7 Å². The summed E-state index contributed by atoms with van der Waals surface area (Å²) in [5, 5.41) is 11.7. The van der Waals surface area contributed by atoms with Gasteiger partial charge >= 0.3 is 0 Å². The largest absolute Gasteiger partial charge is 0.325 e. The number of halogens is 2. The molecule has 5 nitrogen and oxygen atoms in total. The van der Waals surface area contributed by atoms with Crippen LogP contribution in [-0.2, 0) is 4.79 Å². The quantitative estimate of drug-likeness (QED) is 0.702. The molecular weight excluding hydrogens is 359 g/mol. The third-order valence-electron chi connectivity index (χ3n) is 3.92. The van der Waals surface area contributed by atoms with Crippen molar-refractivity contribution >= 4 is 45.7 Å². The van der Waals surface area contributed by atoms with Gasteiger partial charge in [-0.3, -0.25) is 9.89 Å². The molecule has 1 atom stereocenters. The number of anilines is 1. The third-order valence-corrected chi connectivity index (χ3v) is 4.66. The molecule has 0 aliphatic rings. The number of carbonyl (C=O) groups excluding carboxylic acids is 1. The number of nitrogens with one attached hydrogen (secondary N) is 2. The SMILES string of the molecule is CN(C)CC(C(=O)Nc1ccc2[nH]ncc2c1)c1ccc(Cl)c(Cl)c1. The summed E-state index contributed by atoms with van der Waals surface area (Å²) < 4.78 is 0. The Morgan fingerprint density at radius 1 is 1.20 bits per heavy atom. The van der Waals surface area contributed by atoms with Gasteiger partial charge < -0.3 is 10.2 Å². The van der Waals surface area contributed by atoms with Crippen LogP contribution in [0, 0.1) is 0 Å². The molecule has 2 aromatic carbocycles. The molecule has 130 valence electrons. The maximum Gasteiger partial charge on any atom is 0.233 e. The number of amides is 1. The van der Waals surface area contributed by atoms with Crippen LogP contribution in [0.1, 0.15) is 11.5 Å². The number of nitrogens with zero attached hydrogens (tertiary/aromatic N) is 2. The lowest BCUT2D eigenvalue weighted by atomic mass is 9.97. The Kier molecular flexibility index (Phi) is 5.27. The first kappa shape index (κ1) is 17.7. The van der Waals surface area contributed by atoms with E-state index in [-0.39, 0.29) is 11.8 Å². The van der Waals surface area contributed by atoms with Crippen molar-refractivity contribution < 1.29 is 4.79 Å². The summed E-state index contributed by atoms with van der Waals surface area (Å²) in [5.74, 6) is -0.472. The van der Waals surface area contributed by atoms with Crippen LogP contribution in [0.3, 0.4) is 0 Å². The summed E-state index contributed by atoms with van der Waals surface area (Å²) in [5.41, 5.74) is 2.47. The first-order valence-electron chi connectivity index (χ1n) is 7.77. The second-order valence-electron chi connectivity index (χ2n) is 6.15. The van der Waals surface area contributed by atoms with Crippen LogP contribution >= 0.6 is 23.2 Å². The summed E-state index contributed by atoms with van der Waals surface area (Å²) in [6.07, 6.45) is 1.72. The number of aromatic amines is 1. The Hall–Kier alpha value is -2.08. The van der Waals surface area contributed by atoms with Crippen molar-refractivity contribution in [2.45, 2.75) is 5.92 Å². The van der Waals surface area contributed by atoms with Gasteiger partial charge in [-0.1, -0.05) is 29.3 Å². The molecule has 3 rings (SSSR count). The van der Waals surface area contributed by atoms with E-state index in [1.807, 2.05) is 43.3 Å². The molecule has 1 amide bonds. The molecule has 0 bridgehead atoms. The highest BCUT2D eigenvalue weighted by Crippen LogP contribution is 2.28. The molecule has 0 saturated heterocycles. The van der Waals surface area contributed by atoms with Gasteiger partial charge in [0.2, 0.25) is 5.91 Å². The van der Waals surface area contributed by atoms with Crippen molar-refractivity contribution in [3.8, 4) is 0 Å². The van der Waals surface area contributed by atoms with E-state index in [9.17, 15) is 4.79 Å². The summed E-state index contributed by atoms with van der Waals surface area (Å²) in [7, 11) is 3.85. The summed E-state index contributed by atoms with van der Waals surface area (Å²) >= 11 is 12.1. The highest BCUT2D eigenvalue weighted by atomic mass is 35.5. The second kappa shape index (κ2) is 7.44. The smallest absolute Gasteiger partial charge is 0.233 e. The third kappa shape index (κ3) is 4.12. The number of H-pyrrole nitrogens is 1. The molecule has 0 spiro atoms. The standard InChI is InChI=1S/C18H18Cl2N4O/c1-24(2)10-14(11-3-5-15(19)16(20)8-11)18(25)22-13-4-6-17-12(7-13)9-21-23-17/h3-9,14H,10H2,1-2H3,(H,21,23)(H,22,25). The van der Waals surface area contributed by atoms with Crippen molar-refractivity contribution in [3.63, 3.8) is 0 Å². The zero-order valence-corrected chi connectivity index (χ0v) is 15.4. The molecular formula is C18H18Cl2N4O. The van der Waals surface area contributed by atoms with E-state index >= 15 is 0 Å². The van der Waals surface area contributed by atoms with Crippen molar-refractivity contribution in [3.05, 3.63) is 58.2 Å². The number of hydrogen-bond acceptors (Lipinski definition) is 3. The average Bonchev–Trinajstić information content (AvgIpc) is 3.02. The predicted molar refractivity (Wildman–Crippen MR) is 102 cm³/mol. The van der Waals surface area contributed by atoms with E-state index in [0.29, 0.717) is 16.6 Å². The number of fused-ring (bicyclic) bond motifs is 1. The van der Waals surface area contributed by atoms with Crippen LogP contribution < -0.4 is 5.32 Å². The molecule has 0 saturated carbocycles. The maximum atomic E-state index is 12.9. The molecule has 3 aromatic rings. The van der Waals surface area contributed by atoms with Gasteiger partial charge in [-0.25, -0.2) is 0 Å². The van der Waals surface area contributed by atoms with Gasteiger partial charge in [0.1, 0.15) is 0 Å². The van der Waals surface area contributed by atoms with E-state index in [0.717, 1.165) is 22.2 Å². The van der Waals surface area contributed by atoms with Gasteiger partial charge in [-0.15, -0.1) is 0 Å². The predicted octanol–water partition coefficient (Wildman–Crippen LogP) is 4.15. The molecule has 1 heterocycles. The van der Waals surface area contributed by atoms with E-state index in [2.05, 4.69) is 15.5 Å². The summed E-state index contributed by atoms with van der Waals surface area (Å²) in [6, 6.07) is 10.9. The fraction of sp³-hybridized carbons (Fsp3) is 0.222. The maximum absolute atomic E-state index is 12.9. The van der Waals surface area contributed by atoms with Crippen molar-refractivity contribution in [2.75, 3.05) is 26.0 Å². The zero-order valence-electron chi connectivity index (χ0n) is 13.9. The normalized spacial score (nSPS) is 12.5. The van der Waals surface area contributed by atoms with Crippen molar-refractivity contribution in [2.24, 2.45) is 0 Å². The van der Waals surface area contributed by atoms with Crippen LogP contribution in [0.2, 0.25) is 10.0 Å². The summed E-state index contributed by atoms with van der Waals surface area (Å²) in [4.78, 5) is 14.8. The molecule has 0 aliphatic carbocycles. The number of aromatic nitrogens is 2. The zero-order chi connectivity index (χ0) is 18.0. The Balaban J connectivity index is 1.86. The highest BCUT2D eigenvalue weighted by Gasteiger charge is 2.22. The lowest BCUT2D eigenvalue weighted by Gasteiger charge is -2.21. The molecule has 0 fully saturated rings. The lowest BCUT2D eigenvalue weighted by molar-refractivity contribution is -0.117. The second-order valence-corrected chi connectivity index (χ2v) is 6.96. The van der Waals surface area contributed by atoms with Gasteiger partial charge in [0.15, 0.2) is 0 Å². The summed E-state index contributed by atoms with van der Waals surface area (Å²) in [6.45, 7) is 0.553. The molecule has 1 unspecified atom stereocenters.